The number of rotatable bonds is 6. The van der Waals surface area contributed by atoms with E-state index < -0.39 is 0 Å². The number of carbonyl (C=O) groups excluding carboxylic acids is 2. The molecule has 0 aromatic heterocycles. The largest absolute Gasteiger partial charge is 0.393 e. The minimum absolute atomic E-state index is 0.00564. The first-order valence-electron chi connectivity index (χ1n) is 9.30. The second-order valence-corrected chi connectivity index (χ2v) is 7.23. The molecule has 138 valence electrons. The molecular weight excluding hydrogens is 316 g/mol. The van der Waals surface area contributed by atoms with Gasteiger partial charge in [-0.3, -0.25) is 9.59 Å². The summed E-state index contributed by atoms with van der Waals surface area (Å²) in [5.41, 5.74) is 1.33. The van der Waals surface area contributed by atoms with Crippen LogP contribution >= 0.6 is 0 Å². The third-order valence-corrected chi connectivity index (χ3v) is 4.89. The zero-order valence-electron chi connectivity index (χ0n) is 15.5. The number of aliphatic hydroxyl groups is 1. The minimum atomic E-state index is -0.293. The van der Waals surface area contributed by atoms with E-state index in [0.717, 1.165) is 18.5 Å². The Kier molecular flexibility index (Phi) is 7.00. The third kappa shape index (κ3) is 5.30. The van der Waals surface area contributed by atoms with Gasteiger partial charge in [-0.15, -0.1) is 0 Å². The Bertz CT molecular complexity index is 575. The van der Waals surface area contributed by atoms with Crippen molar-refractivity contribution in [1.82, 2.24) is 4.90 Å². The normalized spacial score (nSPS) is 16.8. The average molecular weight is 346 g/mol. The lowest BCUT2D eigenvalue weighted by molar-refractivity contribution is -0.121. The molecule has 1 fully saturated rings. The molecule has 1 atom stereocenters. The number of piperidine rings is 1. The highest BCUT2D eigenvalue weighted by Crippen LogP contribution is 2.21. The second kappa shape index (κ2) is 8.99. The number of carbonyl (C=O) groups is 2. The number of hydrogen-bond donors (Lipinski definition) is 2. The molecule has 1 heterocycles. The van der Waals surface area contributed by atoms with E-state index in [9.17, 15) is 14.7 Å². The number of benzene rings is 1. The van der Waals surface area contributed by atoms with Crippen molar-refractivity contribution in [1.29, 1.82) is 0 Å². The number of aliphatic hydroxyl groups excluding tert-OH is 1. The molecule has 25 heavy (non-hydrogen) atoms. The van der Waals surface area contributed by atoms with Crippen molar-refractivity contribution >= 4 is 17.5 Å². The minimum Gasteiger partial charge on any atom is -0.393 e. The van der Waals surface area contributed by atoms with Gasteiger partial charge in [0, 0.05) is 30.3 Å². The molecule has 5 nitrogen and oxygen atoms in total. The highest BCUT2D eigenvalue weighted by Gasteiger charge is 2.23. The fourth-order valence-corrected chi connectivity index (χ4v) is 3.26. The molecule has 0 radical (unpaired) electrons. The van der Waals surface area contributed by atoms with Crippen LogP contribution in [0.1, 0.15) is 56.8 Å². The van der Waals surface area contributed by atoms with Gasteiger partial charge < -0.3 is 15.3 Å². The van der Waals surface area contributed by atoms with Gasteiger partial charge in [-0.05, 0) is 49.4 Å². The Morgan fingerprint density at radius 1 is 1.20 bits per heavy atom. The van der Waals surface area contributed by atoms with Gasteiger partial charge >= 0.3 is 0 Å². The van der Waals surface area contributed by atoms with Crippen LogP contribution in [0.5, 0.6) is 0 Å². The molecule has 0 aliphatic carbocycles. The predicted molar refractivity (Wildman–Crippen MR) is 99.5 cm³/mol. The highest BCUT2D eigenvalue weighted by molar-refractivity contribution is 5.96. The summed E-state index contributed by atoms with van der Waals surface area (Å²) in [5, 5.41) is 12.5. The van der Waals surface area contributed by atoms with Gasteiger partial charge in [0.25, 0.3) is 5.91 Å². The van der Waals surface area contributed by atoms with Crippen LogP contribution in [0.15, 0.2) is 24.3 Å². The number of hydrogen-bond acceptors (Lipinski definition) is 3. The van der Waals surface area contributed by atoms with Crippen molar-refractivity contribution in [2.45, 2.75) is 52.6 Å². The first kappa shape index (κ1) is 19.4. The van der Waals surface area contributed by atoms with Crippen LogP contribution in [0.3, 0.4) is 0 Å². The SMILES string of the molecule is CCCC(C(=O)Nc1ccc(C(=O)N2CCC(O)CC2)cc1)C(C)C. The van der Waals surface area contributed by atoms with Gasteiger partial charge in [-0.1, -0.05) is 27.2 Å². The Morgan fingerprint density at radius 2 is 1.80 bits per heavy atom. The maximum absolute atomic E-state index is 12.5. The molecule has 1 saturated heterocycles. The first-order valence-corrected chi connectivity index (χ1v) is 9.30. The van der Waals surface area contributed by atoms with Gasteiger partial charge in [0.15, 0.2) is 0 Å². The second-order valence-electron chi connectivity index (χ2n) is 7.23. The van der Waals surface area contributed by atoms with Crippen molar-refractivity contribution < 1.29 is 14.7 Å². The maximum Gasteiger partial charge on any atom is 0.253 e. The molecule has 1 unspecified atom stereocenters. The third-order valence-electron chi connectivity index (χ3n) is 4.89. The van der Waals surface area contributed by atoms with Crippen molar-refractivity contribution in [2.75, 3.05) is 18.4 Å². The van der Waals surface area contributed by atoms with Gasteiger partial charge in [0.1, 0.15) is 0 Å². The van der Waals surface area contributed by atoms with Crippen molar-refractivity contribution in [3.63, 3.8) is 0 Å². The monoisotopic (exact) mass is 346 g/mol. The molecule has 1 aromatic carbocycles. The topological polar surface area (TPSA) is 69.6 Å². The lowest BCUT2D eigenvalue weighted by atomic mass is 9.90. The van der Waals surface area contributed by atoms with Crippen LogP contribution in [0.4, 0.5) is 5.69 Å². The van der Waals surface area contributed by atoms with E-state index in [-0.39, 0.29) is 23.8 Å². The van der Waals surface area contributed by atoms with Gasteiger partial charge in [0.05, 0.1) is 6.10 Å². The van der Waals surface area contributed by atoms with Crippen LogP contribution in [0, 0.1) is 11.8 Å². The van der Waals surface area contributed by atoms with Gasteiger partial charge in [0.2, 0.25) is 5.91 Å². The molecule has 1 aromatic rings. The molecule has 5 heteroatoms. The lowest BCUT2D eigenvalue weighted by Crippen LogP contribution is -2.40. The fraction of sp³-hybridized carbons (Fsp3) is 0.600. The molecule has 2 rings (SSSR count). The van der Waals surface area contributed by atoms with E-state index in [0.29, 0.717) is 37.4 Å². The lowest BCUT2D eigenvalue weighted by Gasteiger charge is -2.29. The summed E-state index contributed by atoms with van der Waals surface area (Å²) in [5.74, 6) is 0.332. The highest BCUT2D eigenvalue weighted by atomic mass is 16.3. The first-order chi connectivity index (χ1) is 11.9. The summed E-state index contributed by atoms with van der Waals surface area (Å²) in [6.07, 6.45) is 2.83. The smallest absolute Gasteiger partial charge is 0.253 e. The van der Waals surface area contributed by atoms with Crippen LogP contribution in [-0.2, 0) is 4.79 Å². The van der Waals surface area contributed by atoms with E-state index in [1.165, 1.54) is 0 Å². The van der Waals surface area contributed by atoms with Crippen molar-refractivity contribution in [2.24, 2.45) is 11.8 Å². The molecule has 2 amide bonds. The van der Waals surface area contributed by atoms with E-state index >= 15 is 0 Å². The van der Waals surface area contributed by atoms with Crippen LogP contribution in [0.25, 0.3) is 0 Å². The van der Waals surface area contributed by atoms with Crippen molar-refractivity contribution in [3.8, 4) is 0 Å². The number of anilines is 1. The maximum atomic E-state index is 12.5. The molecule has 2 N–H and O–H groups in total. The summed E-state index contributed by atoms with van der Waals surface area (Å²) in [6, 6.07) is 7.08. The number of nitrogens with zero attached hydrogens (tertiary/aromatic N) is 1. The Labute approximate surface area is 150 Å². The summed E-state index contributed by atoms with van der Waals surface area (Å²) >= 11 is 0. The van der Waals surface area contributed by atoms with E-state index in [4.69, 9.17) is 0 Å². The zero-order chi connectivity index (χ0) is 18.4. The molecular formula is C20H30N2O3. The Balaban J connectivity index is 1.97. The van der Waals surface area contributed by atoms with Crippen LogP contribution in [0.2, 0.25) is 0 Å². The fourth-order valence-electron chi connectivity index (χ4n) is 3.26. The van der Waals surface area contributed by atoms with Crippen LogP contribution < -0.4 is 5.32 Å². The predicted octanol–water partition coefficient (Wildman–Crippen LogP) is 3.29. The Hall–Kier alpha value is -1.88. The summed E-state index contributed by atoms with van der Waals surface area (Å²) in [4.78, 5) is 26.7. The quantitative estimate of drug-likeness (QED) is 0.830. The molecule has 1 aliphatic heterocycles. The van der Waals surface area contributed by atoms with Crippen molar-refractivity contribution in [3.05, 3.63) is 29.8 Å². The molecule has 0 spiro atoms. The number of likely N-dealkylation sites (tertiary alicyclic amines) is 1. The zero-order valence-corrected chi connectivity index (χ0v) is 15.5. The van der Waals surface area contributed by atoms with E-state index in [1.54, 1.807) is 29.2 Å². The standard InChI is InChI=1S/C20H30N2O3/c1-4-5-18(14(2)3)19(24)21-16-8-6-15(7-9-16)20(25)22-12-10-17(23)11-13-22/h6-9,14,17-18,23H,4-5,10-13H2,1-3H3,(H,21,24). The summed E-state index contributed by atoms with van der Waals surface area (Å²) < 4.78 is 0. The van der Waals surface area contributed by atoms with Gasteiger partial charge in [-0.2, -0.15) is 0 Å². The molecule has 1 aliphatic rings. The van der Waals surface area contributed by atoms with E-state index in [1.807, 2.05) is 0 Å². The number of amides is 2. The summed E-state index contributed by atoms with van der Waals surface area (Å²) in [6.45, 7) is 7.40. The van der Waals surface area contributed by atoms with Gasteiger partial charge in [-0.25, -0.2) is 0 Å². The molecule has 0 bridgehead atoms. The van der Waals surface area contributed by atoms with Crippen LogP contribution in [-0.4, -0.2) is 41.0 Å². The summed E-state index contributed by atoms with van der Waals surface area (Å²) in [7, 11) is 0. The average Bonchev–Trinajstić information content (AvgIpc) is 2.60. The molecule has 0 saturated carbocycles. The van der Waals surface area contributed by atoms with E-state index in [2.05, 4.69) is 26.1 Å². The number of nitrogens with one attached hydrogen (secondary N) is 1. The Morgan fingerprint density at radius 3 is 2.32 bits per heavy atom.